The first kappa shape index (κ1) is 12.4. The van der Waals surface area contributed by atoms with E-state index in [1.54, 1.807) is 5.56 Å². The maximum absolute atomic E-state index is 4.73. The van der Waals surface area contributed by atoms with Crippen molar-refractivity contribution in [2.45, 2.75) is 18.3 Å². The third kappa shape index (κ3) is 1.80. The van der Waals surface area contributed by atoms with E-state index < -0.39 is 0 Å². The fourth-order valence-electron chi connectivity index (χ4n) is 4.12. The third-order valence-corrected chi connectivity index (χ3v) is 5.22. The number of hydrogen-bond acceptors (Lipinski definition) is 2. The fraction of sp³-hybridized carbons (Fsp3) is 0.250. The molecule has 108 valence electrons. The molecule has 2 unspecified atom stereocenters. The molecule has 5 rings (SSSR count). The minimum atomic E-state index is 0.689. The van der Waals surface area contributed by atoms with E-state index in [1.807, 2.05) is 6.20 Å². The highest BCUT2D eigenvalue weighted by atomic mass is 14.9. The molecule has 1 aliphatic carbocycles. The van der Waals surface area contributed by atoms with Crippen LogP contribution in [0.25, 0.3) is 22.0 Å². The van der Waals surface area contributed by atoms with Crippen LogP contribution in [0.3, 0.4) is 0 Å². The van der Waals surface area contributed by atoms with Crippen molar-refractivity contribution in [2.24, 2.45) is 0 Å². The Bertz CT molecular complexity index is 854. The molecular weight excluding hydrogens is 268 g/mol. The monoisotopic (exact) mass is 286 g/mol. The summed E-state index contributed by atoms with van der Waals surface area (Å²) >= 11 is 0. The highest BCUT2D eigenvalue weighted by molar-refractivity contribution is 5.85. The van der Waals surface area contributed by atoms with Gasteiger partial charge in [0.25, 0.3) is 0 Å². The van der Waals surface area contributed by atoms with Crippen LogP contribution in [0, 0.1) is 0 Å². The van der Waals surface area contributed by atoms with Gasteiger partial charge in [0, 0.05) is 30.2 Å². The molecule has 2 bridgehead atoms. The Balaban J connectivity index is 1.68. The molecule has 2 nitrogen and oxygen atoms in total. The number of benzene rings is 2. The molecule has 0 radical (unpaired) electrons. The first-order valence-corrected chi connectivity index (χ1v) is 8.08. The van der Waals surface area contributed by atoms with Gasteiger partial charge in [0.05, 0.1) is 5.52 Å². The van der Waals surface area contributed by atoms with Crippen LogP contribution in [0.1, 0.15) is 29.4 Å². The van der Waals surface area contributed by atoms with E-state index in [2.05, 4.69) is 53.8 Å². The second-order valence-electron chi connectivity index (χ2n) is 6.55. The van der Waals surface area contributed by atoms with Crippen molar-refractivity contribution in [1.82, 2.24) is 10.3 Å². The second kappa shape index (κ2) is 4.65. The molecule has 2 heterocycles. The van der Waals surface area contributed by atoms with Gasteiger partial charge in [-0.2, -0.15) is 0 Å². The average molecular weight is 286 g/mol. The van der Waals surface area contributed by atoms with Crippen LogP contribution < -0.4 is 5.32 Å². The van der Waals surface area contributed by atoms with E-state index in [9.17, 15) is 0 Å². The summed E-state index contributed by atoms with van der Waals surface area (Å²) in [7, 11) is 0. The topological polar surface area (TPSA) is 24.9 Å². The fourth-order valence-corrected chi connectivity index (χ4v) is 4.12. The molecule has 1 saturated heterocycles. The SMILES string of the molecule is c1ccc(-c2cnc3cc4c(cc3c2)C2CNCC4C2)cc1. The van der Waals surface area contributed by atoms with Crippen LogP contribution in [0.15, 0.2) is 54.7 Å². The van der Waals surface area contributed by atoms with Crippen molar-refractivity contribution >= 4 is 10.9 Å². The predicted molar refractivity (Wildman–Crippen MR) is 90.1 cm³/mol. The van der Waals surface area contributed by atoms with E-state index in [-0.39, 0.29) is 0 Å². The second-order valence-corrected chi connectivity index (χ2v) is 6.55. The van der Waals surface area contributed by atoms with E-state index in [1.165, 1.54) is 28.5 Å². The lowest BCUT2D eigenvalue weighted by Gasteiger charge is -2.19. The first-order chi connectivity index (χ1) is 10.9. The van der Waals surface area contributed by atoms with Gasteiger partial charge < -0.3 is 5.32 Å². The normalized spacial score (nSPS) is 22.7. The molecule has 2 aromatic carbocycles. The molecule has 1 aliphatic heterocycles. The van der Waals surface area contributed by atoms with Gasteiger partial charge in [0.2, 0.25) is 0 Å². The standard InChI is InChI=1S/C20H18N2/c1-2-4-13(5-3-1)15-6-14-8-18-16-7-17(11-21-10-16)19(18)9-20(14)22-12-15/h1-6,8-9,12,16-17,21H,7,10-11H2. The maximum Gasteiger partial charge on any atom is 0.0705 e. The van der Waals surface area contributed by atoms with Crippen LogP contribution in [0.4, 0.5) is 0 Å². The Morgan fingerprint density at radius 3 is 2.45 bits per heavy atom. The van der Waals surface area contributed by atoms with E-state index in [4.69, 9.17) is 4.98 Å². The summed E-state index contributed by atoms with van der Waals surface area (Å²) in [5, 5.41) is 4.84. The molecular formula is C20H18N2. The van der Waals surface area contributed by atoms with Crippen molar-refractivity contribution in [1.29, 1.82) is 0 Å². The van der Waals surface area contributed by atoms with Crippen molar-refractivity contribution in [3.8, 4) is 11.1 Å². The van der Waals surface area contributed by atoms with Crippen LogP contribution in [-0.4, -0.2) is 18.1 Å². The van der Waals surface area contributed by atoms with Crippen LogP contribution in [0.2, 0.25) is 0 Å². The molecule has 2 heteroatoms. The summed E-state index contributed by atoms with van der Waals surface area (Å²) in [6, 6.07) is 17.5. The lowest BCUT2D eigenvalue weighted by Crippen LogP contribution is -2.28. The number of hydrogen-bond donors (Lipinski definition) is 1. The van der Waals surface area contributed by atoms with E-state index in [0.29, 0.717) is 11.8 Å². The minimum Gasteiger partial charge on any atom is -0.316 e. The van der Waals surface area contributed by atoms with Crippen molar-refractivity contribution in [3.05, 3.63) is 65.9 Å². The predicted octanol–water partition coefficient (Wildman–Crippen LogP) is 4.08. The highest BCUT2D eigenvalue weighted by Gasteiger charge is 2.34. The highest BCUT2D eigenvalue weighted by Crippen LogP contribution is 2.44. The van der Waals surface area contributed by atoms with Crippen molar-refractivity contribution in [3.63, 3.8) is 0 Å². The molecule has 1 fully saturated rings. The van der Waals surface area contributed by atoms with Gasteiger partial charge in [0.15, 0.2) is 0 Å². The summed E-state index contributed by atoms with van der Waals surface area (Å²) < 4.78 is 0. The van der Waals surface area contributed by atoms with Gasteiger partial charge in [-0.05, 0) is 53.1 Å². The molecule has 0 saturated carbocycles. The Kier molecular flexibility index (Phi) is 2.61. The Morgan fingerprint density at radius 2 is 1.64 bits per heavy atom. The van der Waals surface area contributed by atoms with Gasteiger partial charge in [-0.1, -0.05) is 30.3 Å². The number of fused-ring (bicyclic) bond motifs is 6. The van der Waals surface area contributed by atoms with Gasteiger partial charge in [-0.15, -0.1) is 0 Å². The van der Waals surface area contributed by atoms with Gasteiger partial charge in [-0.25, -0.2) is 0 Å². The molecule has 22 heavy (non-hydrogen) atoms. The summed E-state index contributed by atoms with van der Waals surface area (Å²) in [4.78, 5) is 4.73. The summed E-state index contributed by atoms with van der Waals surface area (Å²) in [6.45, 7) is 2.25. The number of aromatic nitrogens is 1. The van der Waals surface area contributed by atoms with Crippen LogP contribution in [-0.2, 0) is 0 Å². The average Bonchev–Trinajstić information content (AvgIpc) is 2.83. The number of piperidine rings is 1. The van der Waals surface area contributed by atoms with Gasteiger partial charge in [0.1, 0.15) is 0 Å². The maximum atomic E-state index is 4.73. The van der Waals surface area contributed by atoms with Crippen molar-refractivity contribution < 1.29 is 0 Å². The quantitative estimate of drug-likeness (QED) is 0.729. The molecule has 2 atom stereocenters. The van der Waals surface area contributed by atoms with Gasteiger partial charge in [-0.3, -0.25) is 4.98 Å². The molecule has 1 N–H and O–H groups in total. The van der Waals surface area contributed by atoms with Gasteiger partial charge >= 0.3 is 0 Å². The summed E-state index contributed by atoms with van der Waals surface area (Å²) in [5.74, 6) is 1.38. The lowest BCUT2D eigenvalue weighted by atomic mass is 9.97. The summed E-state index contributed by atoms with van der Waals surface area (Å²) in [5.41, 5.74) is 6.65. The molecule has 2 aliphatic rings. The molecule has 3 aromatic rings. The zero-order valence-electron chi connectivity index (χ0n) is 12.4. The minimum absolute atomic E-state index is 0.689. The molecule has 0 amide bonds. The smallest absolute Gasteiger partial charge is 0.0705 e. The zero-order valence-corrected chi connectivity index (χ0v) is 12.4. The number of nitrogens with zero attached hydrogens (tertiary/aromatic N) is 1. The largest absolute Gasteiger partial charge is 0.316 e. The van der Waals surface area contributed by atoms with E-state index in [0.717, 1.165) is 18.6 Å². The number of pyridine rings is 1. The van der Waals surface area contributed by atoms with Crippen LogP contribution in [0.5, 0.6) is 0 Å². The Morgan fingerprint density at radius 1 is 0.864 bits per heavy atom. The van der Waals surface area contributed by atoms with Crippen molar-refractivity contribution in [2.75, 3.05) is 13.1 Å². The third-order valence-electron chi connectivity index (χ3n) is 5.22. The molecule has 1 aromatic heterocycles. The van der Waals surface area contributed by atoms with E-state index >= 15 is 0 Å². The Hall–Kier alpha value is -2.19. The summed E-state index contributed by atoms with van der Waals surface area (Å²) in [6.07, 6.45) is 3.31. The lowest BCUT2D eigenvalue weighted by molar-refractivity contribution is 0.454. The molecule has 0 spiro atoms. The Labute approximate surface area is 130 Å². The number of nitrogens with one attached hydrogen (secondary N) is 1. The number of rotatable bonds is 1. The van der Waals surface area contributed by atoms with Crippen LogP contribution >= 0.6 is 0 Å². The zero-order chi connectivity index (χ0) is 14.5. The first-order valence-electron chi connectivity index (χ1n) is 8.08.